The van der Waals surface area contributed by atoms with Gasteiger partial charge in [-0.2, -0.15) is 0 Å². The van der Waals surface area contributed by atoms with Gasteiger partial charge in [-0.1, -0.05) is 40.7 Å². The molecule has 0 saturated carbocycles. The third kappa shape index (κ3) is 5.28. The van der Waals surface area contributed by atoms with E-state index in [-0.39, 0.29) is 17.8 Å². The minimum Gasteiger partial charge on any atom is -0.346 e. The van der Waals surface area contributed by atoms with Gasteiger partial charge in [-0.25, -0.2) is 23.4 Å². The standard InChI is InChI=1S/C24H22F2N6OS/c1-14-7-9-17(10-8-14)32-21(13-34-24-28-15(2)11-16(3)29-24)22(30-31-32)23(33)27-12-18-19(25)5-4-6-20(18)26/h4-11H,12-13H2,1-3H3,(H,27,33). The van der Waals surface area contributed by atoms with E-state index < -0.39 is 17.5 Å². The van der Waals surface area contributed by atoms with Crippen molar-refractivity contribution in [3.63, 3.8) is 0 Å². The van der Waals surface area contributed by atoms with Crippen molar-refractivity contribution in [3.8, 4) is 5.69 Å². The molecule has 7 nitrogen and oxygen atoms in total. The molecule has 0 aliphatic heterocycles. The van der Waals surface area contributed by atoms with Crippen LogP contribution in [-0.2, 0) is 12.3 Å². The second kappa shape index (κ2) is 10.1. The average Bonchev–Trinajstić information content (AvgIpc) is 3.21. The van der Waals surface area contributed by atoms with Crippen LogP contribution in [0, 0.1) is 32.4 Å². The fourth-order valence-corrected chi connectivity index (χ4v) is 4.29. The highest BCUT2D eigenvalue weighted by molar-refractivity contribution is 7.98. The van der Waals surface area contributed by atoms with Crippen molar-refractivity contribution >= 4 is 17.7 Å². The number of nitrogens with one attached hydrogen (secondary N) is 1. The highest BCUT2D eigenvalue weighted by atomic mass is 32.2. The van der Waals surface area contributed by atoms with E-state index in [9.17, 15) is 13.6 Å². The van der Waals surface area contributed by atoms with Gasteiger partial charge in [0.2, 0.25) is 0 Å². The summed E-state index contributed by atoms with van der Waals surface area (Å²) in [5, 5.41) is 11.4. The Kier molecular flexibility index (Phi) is 6.97. The van der Waals surface area contributed by atoms with Crippen LogP contribution in [0.25, 0.3) is 5.69 Å². The van der Waals surface area contributed by atoms with Gasteiger partial charge in [0.05, 0.1) is 11.4 Å². The number of rotatable bonds is 7. The summed E-state index contributed by atoms with van der Waals surface area (Å²) in [6.07, 6.45) is 0. The van der Waals surface area contributed by atoms with Crippen LogP contribution in [0.15, 0.2) is 53.7 Å². The Hall–Kier alpha value is -3.66. The van der Waals surface area contributed by atoms with Gasteiger partial charge in [-0.3, -0.25) is 4.79 Å². The average molecular weight is 481 g/mol. The molecule has 2 heterocycles. The van der Waals surface area contributed by atoms with Gasteiger partial charge < -0.3 is 5.32 Å². The molecule has 10 heteroatoms. The van der Waals surface area contributed by atoms with Crippen LogP contribution in [-0.4, -0.2) is 30.9 Å². The van der Waals surface area contributed by atoms with Crippen LogP contribution in [0.1, 0.15) is 38.7 Å². The lowest BCUT2D eigenvalue weighted by atomic mass is 10.2. The number of carbonyl (C=O) groups is 1. The zero-order valence-corrected chi connectivity index (χ0v) is 19.7. The quantitative estimate of drug-likeness (QED) is 0.310. The second-order valence-corrected chi connectivity index (χ2v) is 8.68. The summed E-state index contributed by atoms with van der Waals surface area (Å²) >= 11 is 1.35. The van der Waals surface area contributed by atoms with Gasteiger partial charge in [0.15, 0.2) is 10.9 Å². The number of thioether (sulfide) groups is 1. The van der Waals surface area contributed by atoms with Gasteiger partial charge in [-0.15, -0.1) is 5.10 Å². The molecule has 0 atom stereocenters. The number of nitrogens with zero attached hydrogens (tertiary/aromatic N) is 5. The van der Waals surface area contributed by atoms with E-state index in [0.717, 1.165) is 34.8 Å². The Labute approximate surface area is 199 Å². The van der Waals surface area contributed by atoms with Crippen LogP contribution in [0.3, 0.4) is 0 Å². The summed E-state index contributed by atoms with van der Waals surface area (Å²) in [6, 6.07) is 13.1. The normalized spacial score (nSPS) is 11.0. The Morgan fingerprint density at radius 1 is 1.00 bits per heavy atom. The van der Waals surface area contributed by atoms with Gasteiger partial charge in [0.25, 0.3) is 5.91 Å². The number of carbonyl (C=O) groups excluding carboxylic acids is 1. The summed E-state index contributed by atoms with van der Waals surface area (Å²) < 4.78 is 29.5. The van der Waals surface area contributed by atoms with Crippen LogP contribution < -0.4 is 5.32 Å². The molecule has 0 bridgehead atoms. The van der Waals surface area contributed by atoms with E-state index in [1.54, 1.807) is 4.68 Å². The number of hydrogen-bond acceptors (Lipinski definition) is 6. The SMILES string of the molecule is Cc1ccc(-n2nnc(C(=O)NCc3c(F)cccc3F)c2CSc2nc(C)cc(C)n2)cc1. The first-order chi connectivity index (χ1) is 16.3. The fraction of sp³-hybridized carbons (Fsp3) is 0.208. The predicted octanol–water partition coefficient (Wildman–Crippen LogP) is 4.48. The van der Waals surface area contributed by atoms with Crippen molar-refractivity contribution in [3.05, 3.63) is 94.1 Å². The van der Waals surface area contributed by atoms with E-state index in [0.29, 0.717) is 16.6 Å². The van der Waals surface area contributed by atoms with Crippen molar-refractivity contribution in [2.24, 2.45) is 0 Å². The lowest BCUT2D eigenvalue weighted by Crippen LogP contribution is -2.25. The molecule has 0 spiro atoms. The molecule has 4 rings (SSSR count). The predicted molar refractivity (Wildman–Crippen MR) is 125 cm³/mol. The molecular weight excluding hydrogens is 458 g/mol. The molecular formula is C24H22F2N6OS. The number of benzene rings is 2. The van der Waals surface area contributed by atoms with E-state index in [2.05, 4.69) is 25.6 Å². The first kappa shape index (κ1) is 23.5. The minimum absolute atomic E-state index is 0.0641. The van der Waals surface area contributed by atoms with E-state index in [4.69, 9.17) is 0 Å². The Morgan fingerprint density at radius 3 is 2.29 bits per heavy atom. The number of aromatic nitrogens is 5. The molecule has 0 radical (unpaired) electrons. The lowest BCUT2D eigenvalue weighted by molar-refractivity contribution is 0.0944. The van der Waals surface area contributed by atoms with Crippen molar-refractivity contribution in [1.29, 1.82) is 0 Å². The summed E-state index contributed by atoms with van der Waals surface area (Å²) in [7, 11) is 0. The minimum atomic E-state index is -0.730. The maximum atomic E-state index is 14.0. The van der Waals surface area contributed by atoms with Crippen LogP contribution in [0.2, 0.25) is 0 Å². The van der Waals surface area contributed by atoms with Crippen molar-refractivity contribution < 1.29 is 13.6 Å². The molecule has 1 amide bonds. The molecule has 0 unspecified atom stereocenters. The van der Waals surface area contributed by atoms with Crippen LogP contribution >= 0.6 is 11.8 Å². The highest BCUT2D eigenvalue weighted by Crippen LogP contribution is 2.24. The Balaban J connectivity index is 1.63. The molecule has 1 N–H and O–H groups in total. The van der Waals surface area contributed by atoms with Crippen molar-refractivity contribution in [2.45, 2.75) is 38.2 Å². The Bertz CT molecular complexity index is 1300. The van der Waals surface area contributed by atoms with E-state index >= 15 is 0 Å². The smallest absolute Gasteiger partial charge is 0.274 e. The summed E-state index contributed by atoms with van der Waals surface area (Å²) in [4.78, 5) is 21.8. The first-order valence-electron chi connectivity index (χ1n) is 10.5. The van der Waals surface area contributed by atoms with Gasteiger partial charge in [-0.05, 0) is 51.1 Å². The summed E-state index contributed by atoms with van der Waals surface area (Å²) in [5.41, 5.74) is 3.84. The molecule has 4 aromatic rings. The largest absolute Gasteiger partial charge is 0.346 e. The van der Waals surface area contributed by atoms with Crippen molar-refractivity contribution in [1.82, 2.24) is 30.3 Å². The van der Waals surface area contributed by atoms with Gasteiger partial charge in [0, 0.05) is 29.2 Å². The lowest BCUT2D eigenvalue weighted by Gasteiger charge is -2.10. The molecule has 0 aliphatic rings. The van der Waals surface area contributed by atoms with Gasteiger partial charge >= 0.3 is 0 Å². The van der Waals surface area contributed by atoms with Crippen LogP contribution in [0.5, 0.6) is 0 Å². The second-order valence-electron chi connectivity index (χ2n) is 7.74. The summed E-state index contributed by atoms with van der Waals surface area (Å²) in [5.74, 6) is -1.74. The van der Waals surface area contributed by atoms with Crippen molar-refractivity contribution in [2.75, 3.05) is 0 Å². The maximum absolute atomic E-state index is 14.0. The maximum Gasteiger partial charge on any atom is 0.274 e. The number of hydrogen-bond donors (Lipinski definition) is 1. The third-order valence-electron chi connectivity index (χ3n) is 5.04. The topological polar surface area (TPSA) is 85.6 Å². The monoisotopic (exact) mass is 480 g/mol. The number of aryl methyl sites for hydroxylation is 3. The number of amides is 1. The molecule has 0 fully saturated rings. The molecule has 0 aliphatic carbocycles. The Morgan fingerprint density at radius 2 is 1.65 bits per heavy atom. The molecule has 2 aromatic carbocycles. The summed E-state index contributed by atoms with van der Waals surface area (Å²) in [6.45, 7) is 5.43. The third-order valence-corrected chi connectivity index (χ3v) is 5.90. The zero-order chi connectivity index (χ0) is 24.2. The van der Waals surface area contributed by atoms with Crippen LogP contribution in [0.4, 0.5) is 8.78 Å². The highest BCUT2D eigenvalue weighted by Gasteiger charge is 2.22. The zero-order valence-electron chi connectivity index (χ0n) is 18.8. The first-order valence-corrected chi connectivity index (χ1v) is 11.5. The van der Waals surface area contributed by atoms with E-state index in [1.807, 2.05) is 51.1 Å². The molecule has 34 heavy (non-hydrogen) atoms. The molecule has 0 saturated heterocycles. The molecule has 2 aromatic heterocycles. The fourth-order valence-electron chi connectivity index (χ4n) is 3.35. The molecule has 174 valence electrons. The number of halogens is 2. The van der Waals surface area contributed by atoms with Gasteiger partial charge in [0.1, 0.15) is 11.6 Å². The van der Waals surface area contributed by atoms with E-state index in [1.165, 1.54) is 17.8 Å².